The third-order valence-electron chi connectivity index (χ3n) is 4.88. The van der Waals surface area contributed by atoms with Crippen LogP contribution >= 0.6 is 0 Å². The molecular weight excluding hydrogens is 354 g/mol. The Bertz CT molecular complexity index is 1170. The van der Waals surface area contributed by atoms with Gasteiger partial charge in [0.2, 0.25) is 5.95 Å². The SMILES string of the molecule is O=C(Nc1ncc2ccc(-c3cnco3)cc2n1)c1ccc2c(c1)CNCC2. The Balaban J connectivity index is 1.42. The zero-order valence-corrected chi connectivity index (χ0v) is 15.0. The van der Waals surface area contributed by atoms with Crippen molar-refractivity contribution in [3.8, 4) is 11.3 Å². The molecule has 2 aromatic carbocycles. The number of nitrogens with one attached hydrogen (secondary N) is 2. The minimum atomic E-state index is -0.223. The van der Waals surface area contributed by atoms with Crippen LogP contribution in [0.5, 0.6) is 0 Å². The van der Waals surface area contributed by atoms with E-state index in [1.807, 2.05) is 36.4 Å². The highest BCUT2D eigenvalue weighted by Gasteiger charge is 2.14. The Morgan fingerprint density at radius 3 is 2.96 bits per heavy atom. The molecule has 0 aliphatic carbocycles. The first kappa shape index (κ1) is 16.6. The molecule has 1 aliphatic heterocycles. The molecule has 7 nitrogen and oxygen atoms in total. The van der Waals surface area contributed by atoms with Crippen molar-refractivity contribution in [2.24, 2.45) is 0 Å². The second-order valence-electron chi connectivity index (χ2n) is 6.70. The first-order valence-corrected chi connectivity index (χ1v) is 9.06. The van der Waals surface area contributed by atoms with E-state index in [2.05, 4.69) is 25.6 Å². The van der Waals surface area contributed by atoms with E-state index in [0.717, 1.165) is 36.0 Å². The van der Waals surface area contributed by atoms with E-state index in [9.17, 15) is 4.79 Å². The third-order valence-corrected chi connectivity index (χ3v) is 4.88. The predicted molar refractivity (Wildman–Crippen MR) is 105 cm³/mol. The minimum Gasteiger partial charge on any atom is -0.444 e. The lowest BCUT2D eigenvalue weighted by Gasteiger charge is -2.17. The van der Waals surface area contributed by atoms with Crippen LogP contribution in [-0.4, -0.2) is 27.4 Å². The fourth-order valence-corrected chi connectivity index (χ4v) is 3.39. The van der Waals surface area contributed by atoms with Crippen molar-refractivity contribution >= 4 is 22.8 Å². The summed E-state index contributed by atoms with van der Waals surface area (Å²) in [7, 11) is 0. The maximum Gasteiger partial charge on any atom is 0.258 e. The van der Waals surface area contributed by atoms with Crippen LogP contribution < -0.4 is 10.6 Å². The largest absolute Gasteiger partial charge is 0.444 e. The lowest BCUT2D eigenvalue weighted by Crippen LogP contribution is -2.24. The van der Waals surface area contributed by atoms with E-state index in [4.69, 9.17) is 4.42 Å². The van der Waals surface area contributed by atoms with E-state index < -0.39 is 0 Å². The van der Waals surface area contributed by atoms with Crippen LogP contribution in [0.2, 0.25) is 0 Å². The van der Waals surface area contributed by atoms with E-state index in [0.29, 0.717) is 16.8 Å². The zero-order valence-electron chi connectivity index (χ0n) is 15.0. The molecule has 2 aromatic heterocycles. The smallest absolute Gasteiger partial charge is 0.258 e. The Morgan fingerprint density at radius 2 is 2.07 bits per heavy atom. The van der Waals surface area contributed by atoms with Crippen LogP contribution in [0, 0.1) is 0 Å². The van der Waals surface area contributed by atoms with E-state index >= 15 is 0 Å². The monoisotopic (exact) mass is 371 g/mol. The van der Waals surface area contributed by atoms with Crippen molar-refractivity contribution in [3.05, 3.63) is 71.9 Å². The molecule has 0 bridgehead atoms. The van der Waals surface area contributed by atoms with Crippen LogP contribution in [0.3, 0.4) is 0 Å². The third kappa shape index (κ3) is 3.12. The summed E-state index contributed by atoms with van der Waals surface area (Å²) in [6.07, 6.45) is 5.71. The van der Waals surface area contributed by atoms with Gasteiger partial charge in [-0.05, 0) is 42.3 Å². The van der Waals surface area contributed by atoms with Gasteiger partial charge in [-0.15, -0.1) is 0 Å². The van der Waals surface area contributed by atoms with E-state index in [1.165, 1.54) is 12.0 Å². The molecule has 0 fully saturated rings. The average Bonchev–Trinajstić information content (AvgIpc) is 3.28. The van der Waals surface area contributed by atoms with E-state index in [1.54, 1.807) is 12.4 Å². The molecule has 1 amide bonds. The summed E-state index contributed by atoms with van der Waals surface area (Å²) in [5, 5.41) is 7.00. The molecule has 0 spiro atoms. The number of fused-ring (bicyclic) bond motifs is 2. The van der Waals surface area contributed by atoms with Gasteiger partial charge in [-0.1, -0.05) is 18.2 Å². The molecule has 2 N–H and O–H groups in total. The van der Waals surface area contributed by atoms with Gasteiger partial charge < -0.3 is 9.73 Å². The van der Waals surface area contributed by atoms with Crippen LogP contribution in [0.25, 0.3) is 22.2 Å². The second kappa shape index (κ2) is 6.86. The van der Waals surface area contributed by atoms with Crippen LogP contribution in [0.4, 0.5) is 5.95 Å². The van der Waals surface area contributed by atoms with Gasteiger partial charge >= 0.3 is 0 Å². The van der Waals surface area contributed by atoms with Crippen LogP contribution in [0.15, 0.2) is 59.6 Å². The van der Waals surface area contributed by atoms with Crippen molar-refractivity contribution in [2.45, 2.75) is 13.0 Å². The summed E-state index contributed by atoms with van der Waals surface area (Å²) in [5.41, 5.74) is 4.63. The molecule has 0 unspecified atom stereocenters. The van der Waals surface area contributed by atoms with Gasteiger partial charge in [-0.3, -0.25) is 10.1 Å². The number of benzene rings is 2. The maximum atomic E-state index is 12.7. The van der Waals surface area contributed by atoms with E-state index in [-0.39, 0.29) is 11.9 Å². The summed E-state index contributed by atoms with van der Waals surface area (Å²) < 4.78 is 5.34. The summed E-state index contributed by atoms with van der Waals surface area (Å²) in [4.78, 5) is 25.3. The lowest BCUT2D eigenvalue weighted by atomic mass is 9.98. The maximum absolute atomic E-state index is 12.7. The number of anilines is 1. The number of hydrogen-bond acceptors (Lipinski definition) is 6. The number of hydrogen-bond donors (Lipinski definition) is 2. The Morgan fingerprint density at radius 1 is 1.11 bits per heavy atom. The van der Waals surface area contributed by atoms with Crippen LogP contribution in [-0.2, 0) is 13.0 Å². The summed E-state index contributed by atoms with van der Waals surface area (Å²) in [6.45, 7) is 1.76. The predicted octanol–water partition coefficient (Wildman–Crippen LogP) is 3.18. The normalized spacial score (nSPS) is 13.3. The first-order valence-electron chi connectivity index (χ1n) is 9.06. The first-order chi connectivity index (χ1) is 13.8. The molecule has 3 heterocycles. The average molecular weight is 371 g/mol. The topological polar surface area (TPSA) is 92.9 Å². The molecule has 5 rings (SSSR count). The standard InChI is InChI=1S/C21H17N5O2/c27-20(15-3-1-13-5-6-22-9-17(13)7-15)26-21-24-10-16-4-2-14(8-18(16)25-21)19-11-23-12-28-19/h1-4,7-8,10-12,22H,5-6,9H2,(H,24,25,26,27). The highest BCUT2D eigenvalue weighted by Crippen LogP contribution is 2.23. The molecule has 138 valence electrons. The summed E-state index contributed by atoms with van der Waals surface area (Å²) in [6, 6.07) is 11.5. The quantitative estimate of drug-likeness (QED) is 0.575. The number of rotatable bonds is 3. The highest BCUT2D eigenvalue weighted by atomic mass is 16.3. The molecule has 1 aliphatic rings. The molecule has 7 heteroatoms. The van der Waals surface area contributed by atoms with Gasteiger partial charge in [-0.2, -0.15) is 0 Å². The number of carbonyl (C=O) groups is 1. The van der Waals surface area contributed by atoms with Gasteiger partial charge in [-0.25, -0.2) is 15.0 Å². The molecule has 0 saturated heterocycles. The fraction of sp³-hybridized carbons (Fsp3) is 0.143. The Labute approximate surface area is 160 Å². The van der Waals surface area contributed by atoms with Gasteiger partial charge in [0.25, 0.3) is 5.91 Å². The molecular formula is C21H17N5O2. The highest BCUT2D eigenvalue weighted by molar-refractivity contribution is 6.03. The van der Waals surface area contributed by atoms with Crippen molar-refractivity contribution in [1.82, 2.24) is 20.3 Å². The van der Waals surface area contributed by atoms with Gasteiger partial charge in [0.15, 0.2) is 12.2 Å². The number of aromatic nitrogens is 3. The van der Waals surface area contributed by atoms with Crippen molar-refractivity contribution in [1.29, 1.82) is 0 Å². The number of carbonyl (C=O) groups excluding carboxylic acids is 1. The lowest BCUT2D eigenvalue weighted by molar-refractivity contribution is 0.102. The molecule has 4 aromatic rings. The number of nitrogens with zero attached hydrogens (tertiary/aromatic N) is 3. The second-order valence-corrected chi connectivity index (χ2v) is 6.70. The van der Waals surface area contributed by atoms with Crippen LogP contribution in [0.1, 0.15) is 21.5 Å². The fourth-order valence-electron chi connectivity index (χ4n) is 3.39. The molecule has 0 radical (unpaired) electrons. The van der Waals surface area contributed by atoms with Gasteiger partial charge in [0.05, 0.1) is 11.7 Å². The van der Waals surface area contributed by atoms with Gasteiger partial charge in [0, 0.05) is 29.3 Å². The van der Waals surface area contributed by atoms with Gasteiger partial charge in [0.1, 0.15) is 0 Å². The zero-order chi connectivity index (χ0) is 18.9. The molecule has 0 atom stereocenters. The minimum absolute atomic E-state index is 0.223. The van der Waals surface area contributed by atoms with Crippen molar-refractivity contribution in [3.63, 3.8) is 0 Å². The summed E-state index contributed by atoms with van der Waals surface area (Å²) in [5.74, 6) is 0.705. The Hall–Kier alpha value is -3.58. The van der Waals surface area contributed by atoms with Crippen molar-refractivity contribution in [2.75, 3.05) is 11.9 Å². The molecule has 28 heavy (non-hydrogen) atoms. The molecule has 0 saturated carbocycles. The number of oxazole rings is 1. The van der Waals surface area contributed by atoms with Crippen molar-refractivity contribution < 1.29 is 9.21 Å². The summed E-state index contributed by atoms with van der Waals surface area (Å²) >= 11 is 0. The Kier molecular flexibility index (Phi) is 4.06. The number of amides is 1.